The van der Waals surface area contributed by atoms with Gasteiger partial charge in [0.05, 0.1) is 5.41 Å². The van der Waals surface area contributed by atoms with Crippen molar-refractivity contribution in [2.24, 2.45) is 5.41 Å². The van der Waals surface area contributed by atoms with E-state index in [0.717, 1.165) is 12.8 Å². The molecule has 0 spiro atoms. The molecule has 0 aromatic heterocycles. The van der Waals surface area contributed by atoms with E-state index in [1.165, 1.54) is 0 Å². The highest BCUT2D eigenvalue weighted by Crippen LogP contribution is 2.22. The number of rotatable bonds is 5. The summed E-state index contributed by atoms with van der Waals surface area (Å²) in [5.41, 5.74) is -1.88. The second-order valence-electron chi connectivity index (χ2n) is 5.99. The fourth-order valence-corrected chi connectivity index (χ4v) is 1.18. The van der Waals surface area contributed by atoms with E-state index in [9.17, 15) is 9.59 Å². The molecule has 0 amide bonds. The van der Waals surface area contributed by atoms with Crippen molar-refractivity contribution in [2.75, 3.05) is 0 Å². The van der Waals surface area contributed by atoms with Crippen LogP contribution >= 0.6 is 0 Å². The molecule has 0 fully saturated rings. The van der Waals surface area contributed by atoms with E-state index >= 15 is 0 Å². The van der Waals surface area contributed by atoms with Gasteiger partial charge in [-0.15, -0.1) is 0 Å². The fraction of sp³-hybridized carbons (Fsp3) is 0.857. The third-order valence-electron chi connectivity index (χ3n) is 2.64. The molecule has 0 aliphatic carbocycles. The van der Waals surface area contributed by atoms with Crippen molar-refractivity contribution in [3.63, 3.8) is 0 Å². The Hall–Kier alpha value is -1.06. The molecule has 4 heteroatoms. The maximum absolute atomic E-state index is 12.0. The molecule has 18 heavy (non-hydrogen) atoms. The van der Waals surface area contributed by atoms with Crippen LogP contribution < -0.4 is 0 Å². The summed E-state index contributed by atoms with van der Waals surface area (Å²) in [7, 11) is 0. The lowest BCUT2D eigenvalue weighted by Gasteiger charge is -2.28. The first-order valence-corrected chi connectivity index (χ1v) is 6.49. The van der Waals surface area contributed by atoms with Crippen molar-refractivity contribution in [2.45, 2.75) is 73.0 Å². The van der Waals surface area contributed by atoms with Gasteiger partial charge < -0.3 is 9.47 Å². The zero-order valence-corrected chi connectivity index (χ0v) is 12.6. The van der Waals surface area contributed by atoms with Crippen LogP contribution in [0.5, 0.6) is 0 Å². The average molecular weight is 258 g/mol. The summed E-state index contributed by atoms with van der Waals surface area (Å²) in [6.45, 7) is 12.3. The Morgan fingerprint density at radius 2 is 1.39 bits per heavy atom. The molecule has 0 aromatic rings. The summed E-state index contributed by atoms with van der Waals surface area (Å²) in [5.74, 6) is -0.900. The van der Waals surface area contributed by atoms with Crippen LogP contribution in [0.1, 0.15) is 61.3 Å². The summed E-state index contributed by atoms with van der Waals surface area (Å²) in [6, 6.07) is 0. The summed E-state index contributed by atoms with van der Waals surface area (Å²) in [6.07, 6.45) is 1.39. The smallest absolute Gasteiger partial charge is 0.350 e. The molecule has 0 atom stereocenters. The van der Waals surface area contributed by atoms with Crippen molar-refractivity contribution in [1.82, 2.24) is 0 Å². The summed E-state index contributed by atoms with van der Waals surface area (Å²) < 4.78 is 10.6. The second-order valence-corrected chi connectivity index (χ2v) is 5.99. The quantitative estimate of drug-likeness (QED) is 0.711. The van der Waals surface area contributed by atoms with Gasteiger partial charge in [-0.2, -0.15) is 0 Å². The van der Waals surface area contributed by atoms with Crippen LogP contribution in [0.3, 0.4) is 0 Å². The highest BCUT2D eigenvalue weighted by Gasteiger charge is 2.38. The SMILES string of the molecule is CCC(CC)OC(=O)C(C)(C)OC(=O)C(C)(C)C. The zero-order valence-electron chi connectivity index (χ0n) is 12.6. The van der Waals surface area contributed by atoms with Gasteiger partial charge in [-0.3, -0.25) is 4.79 Å². The molecule has 0 saturated heterocycles. The molecule has 0 unspecified atom stereocenters. The molecule has 0 bridgehead atoms. The van der Waals surface area contributed by atoms with E-state index in [4.69, 9.17) is 9.47 Å². The van der Waals surface area contributed by atoms with Crippen LogP contribution in [0.15, 0.2) is 0 Å². The molecule has 0 aliphatic heterocycles. The average Bonchev–Trinajstić information content (AvgIpc) is 2.23. The van der Waals surface area contributed by atoms with E-state index in [1.54, 1.807) is 34.6 Å². The maximum Gasteiger partial charge on any atom is 0.350 e. The van der Waals surface area contributed by atoms with Crippen molar-refractivity contribution >= 4 is 11.9 Å². The summed E-state index contributed by atoms with van der Waals surface area (Å²) >= 11 is 0. The molecule has 0 radical (unpaired) electrons. The summed E-state index contributed by atoms with van der Waals surface area (Å²) in [4.78, 5) is 23.7. The normalized spacial score (nSPS) is 12.4. The first-order chi connectivity index (χ1) is 8.04. The van der Waals surface area contributed by atoms with Crippen molar-refractivity contribution < 1.29 is 19.1 Å². The molecular weight excluding hydrogens is 232 g/mol. The van der Waals surface area contributed by atoms with Gasteiger partial charge in [-0.05, 0) is 47.5 Å². The molecule has 0 aliphatic rings. The lowest BCUT2D eigenvalue weighted by molar-refractivity contribution is -0.187. The largest absolute Gasteiger partial charge is 0.459 e. The van der Waals surface area contributed by atoms with Crippen LogP contribution in [0, 0.1) is 5.41 Å². The fourth-order valence-electron chi connectivity index (χ4n) is 1.18. The Labute approximate surface area is 110 Å². The molecular formula is C14H26O4. The van der Waals surface area contributed by atoms with E-state index in [-0.39, 0.29) is 6.10 Å². The number of esters is 2. The Kier molecular flexibility index (Phi) is 5.84. The highest BCUT2D eigenvalue weighted by molar-refractivity contribution is 5.84. The molecule has 0 heterocycles. The van der Waals surface area contributed by atoms with Crippen LogP contribution in [-0.2, 0) is 19.1 Å². The van der Waals surface area contributed by atoms with Gasteiger partial charge in [0.1, 0.15) is 6.10 Å². The van der Waals surface area contributed by atoms with Gasteiger partial charge in [0.25, 0.3) is 0 Å². The number of hydrogen-bond donors (Lipinski definition) is 0. The van der Waals surface area contributed by atoms with Crippen LogP contribution in [0.2, 0.25) is 0 Å². The zero-order chi connectivity index (χ0) is 14.6. The van der Waals surface area contributed by atoms with Crippen molar-refractivity contribution in [3.8, 4) is 0 Å². The topological polar surface area (TPSA) is 52.6 Å². The lowest BCUT2D eigenvalue weighted by atomic mass is 9.96. The number of carbonyl (C=O) groups excluding carboxylic acids is 2. The molecule has 106 valence electrons. The first-order valence-electron chi connectivity index (χ1n) is 6.49. The highest BCUT2D eigenvalue weighted by atomic mass is 16.6. The maximum atomic E-state index is 12.0. The van der Waals surface area contributed by atoms with E-state index in [2.05, 4.69) is 0 Å². The predicted octanol–water partition coefficient (Wildman–Crippen LogP) is 3.09. The van der Waals surface area contributed by atoms with Gasteiger partial charge in [-0.1, -0.05) is 13.8 Å². The van der Waals surface area contributed by atoms with Crippen LogP contribution in [0.25, 0.3) is 0 Å². The van der Waals surface area contributed by atoms with Gasteiger partial charge in [0, 0.05) is 0 Å². The summed E-state index contributed by atoms with van der Waals surface area (Å²) in [5, 5.41) is 0. The van der Waals surface area contributed by atoms with E-state index < -0.39 is 23.0 Å². The number of hydrogen-bond acceptors (Lipinski definition) is 4. The third-order valence-corrected chi connectivity index (χ3v) is 2.64. The Bertz CT molecular complexity index is 295. The van der Waals surface area contributed by atoms with Gasteiger partial charge in [-0.25, -0.2) is 4.79 Å². The molecule has 4 nitrogen and oxygen atoms in total. The lowest BCUT2D eigenvalue weighted by Crippen LogP contribution is -2.43. The Morgan fingerprint density at radius 1 is 0.944 bits per heavy atom. The van der Waals surface area contributed by atoms with Crippen LogP contribution in [-0.4, -0.2) is 23.6 Å². The van der Waals surface area contributed by atoms with Crippen LogP contribution in [0.4, 0.5) is 0 Å². The van der Waals surface area contributed by atoms with Crippen molar-refractivity contribution in [1.29, 1.82) is 0 Å². The second kappa shape index (κ2) is 6.21. The number of ether oxygens (including phenoxy) is 2. The minimum absolute atomic E-state index is 0.120. The monoisotopic (exact) mass is 258 g/mol. The van der Waals surface area contributed by atoms with Gasteiger partial charge in [0.2, 0.25) is 5.60 Å². The Balaban J connectivity index is 4.63. The minimum atomic E-state index is -1.24. The predicted molar refractivity (Wildman–Crippen MR) is 70.1 cm³/mol. The van der Waals surface area contributed by atoms with E-state index in [1.807, 2.05) is 13.8 Å². The standard InChI is InChI=1S/C14H26O4/c1-8-10(9-2)17-12(16)14(6,7)18-11(15)13(3,4)5/h10H,8-9H2,1-7H3. The molecule has 0 aromatic carbocycles. The molecule has 0 N–H and O–H groups in total. The minimum Gasteiger partial charge on any atom is -0.459 e. The number of carbonyl (C=O) groups is 2. The van der Waals surface area contributed by atoms with Gasteiger partial charge in [0.15, 0.2) is 0 Å². The molecule has 0 saturated carbocycles. The third kappa shape index (κ3) is 5.07. The Morgan fingerprint density at radius 3 is 1.72 bits per heavy atom. The molecule has 0 rings (SSSR count). The first kappa shape index (κ1) is 16.9. The van der Waals surface area contributed by atoms with Crippen molar-refractivity contribution in [3.05, 3.63) is 0 Å². The van der Waals surface area contributed by atoms with E-state index in [0.29, 0.717) is 0 Å². The van der Waals surface area contributed by atoms with Gasteiger partial charge >= 0.3 is 11.9 Å².